The van der Waals surface area contributed by atoms with Crippen molar-refractivity contribution in [3.05, 3.63) is 40.5 Å². The topological polar surface area (TPSA) is 81.8 Å². The molecule has 0 bridgehead atoms. The van der Waals surface area contributed by atoms with Crippen LogP contribution in [0.3, 0.4) is 0 Å². The number of aromatic nitrogens is 3. The Morgan fingerprint density at radius 1 is 1.30 bits per heavy atom. The summed E-state index contributed by atoms with van der Waals surface area (Å²) in [5.74, 6) is -0.391. The zero-order valence-electron chi connectivity index (χ0n) is 10.3. The number of nitrogens with two attached hydrogens (primary N) is 1. The molecule has 1 saturated carbocycles. The van der Waals surface area contributed by atoms with Gasteiger partial charge in [0.2, 0.25) is 5.91 Å². The normalized spacial score (nSPS) is 15.9. The third kappa shape index (κ3) is 2.03. The van der Waals surface area contributed by atoms with E-state index < -0.39 is 11.3 Å². The van der Waals surface area contributed by atoms with Crippen molar-refractivity contribution in [1.82, 2.24) is 15.0 Å². The molecule has 2 aromatic heterocycles. The minimum atomic E-state index is -0.697. The summed E-state index contributed by atoms with van der Waals surface area (Å²) in [7, 11) is 0. The van der Waals surface area contributed by atoms with Gasteiger partial charge in [0.15, 0.2) is 5.15 Å². The Balaban J connectivity index is 2.05. The molecule has 0 spiro atoms. The van der Waals surface area contributed by atoms with Gasteiger partial charge in [0.25, 0.3) is 0 Å². The highest BCUT2D eigenvalue weighted by atomic mass is 35.5. The van der Waals surface area contributed by atoms with Gasteiger partial charge in [0, 0.05) is 18.0 Å². The fraction of sp³-hybridized carbons (Fsp3) is 0.231. The van der Waals surface area contributed by atoms with Gasteiger partial charge in [-0.25, -0.2) is 4.98 Å². The van der Waals surface area contributed by atoms with E-state index in [9.17, 15) is 4.79 Å². The van der Waals surface area contributed by atoms with Gasteiger partial charge in [-0.1, -0.05) is 23.2 Å². The van der Waals surface area contributed by atoms with Crippen molar-refractivity contribution in [2.75, 3.05) is 0 Å². The molecule has 0 aromatic carbocycles. The van der Waals surface area contributed by atoms with Crippen LogP contribution in [0.25, 0.3) is 11.3 Å². The molecule has 0 saturated heterocycles. The second-order valence-corrected chi connectivity index (χ2v) is 5.46. The number of hydrogen-bond acceptors (Lipinski definition) is 4. The molecule has 20 heavy (non-hydrogen) atoms. The fourth-order valence-corrected chi connectivity index (χ4v) is 2.55. The first-order chi connectivity index (χ1) is 9.54. The molecule has 1 aliphatic carbocycles. The van der Waals surface area contributed by atoms with Crippen LogP contribution in [0.4, 0.5) is 0 Å². The highest BCUT2D eigenvalue weighted by Gasteiger charge is 2.51. The van der Waals surface area contributed by atoms with Crippen LogP contribution >= 0.6 is 23.2 Å². The van der Waals surface area contributed by atoms with Crippen molar-refractivity contribution in [2.24, 2.45) is 5.73 Å². The van der Waals surface area contributed by atoms with Gasteiger partial charge in [-0.15, -0.1) is 0 Å². The van der Waals surface area contributed by atoms with Gasteiger partial charge in [0.1, 0.15) is 5.69 Å². The molecule has 102 valence electrons. The van der Waals surface area contributed by atoms with Crippen molar-refractivity contribution in [3.63, 3.8) is 0 Å². The van der Waals surface area contributed by atoms with Gasteiger partial charge in [-0.2, -0.15) is 0 Å². The molecule has 2 heterocycles. The van der Waals surface area contributed by atoms with Gasteiger partial charge in [-0.05, 0) is 18.9 Å². The standard InChI is InChI=1S/C13H10Cl2N4O/c14-8-5-17-4-1-7(8)10-11(15)19-9(6-18-10)13(2-3-13)12(16)20/h1,4-6H,2-3H2,(H2,16,20). The maximum Gasteiger partial charge on any atom is 0.229 e. The van der Waals surface area contributed by atoms with Crippen molar-refractivity contribution in [2.45, 2.75) is 18.3 Å². The lowest BCUT2D eigenvalue weighted by molar-refractivity contribution is -0.120. The predicted molar refractivity (Wildman–Crippen MR) is 75.4 cm³/mol. The monoisotopic (exact) mass is 308 g/mol. The minimum absolute atomic E-state index is 0.197. The van der Waals surface area contributed by atoms with Gasteiger partial charge in [-0.3, -0.25) is 14.8 Å². The Hall–Kier alpha value is -1.72. The van der Waals surface area contributed by atoms with Crippen molar-refractivity contribution in [3.8, 4) is 11.3 Å². The van der Waals surface area contributed by atoms with Crippen molar-refractivity contribution in [1.29, 1.82) is 0 Å². The summed E-state index contributed by atoms with van der Waals surface area (Å²) in [6.07, 6.45) is 6.01. The third-order valence-electron chi connectivity index (χ3n) is 3.47. The number of hydrogen-bond donors (Lipinski definition) is 1. The Morgan fingerprint density at radius 3 is 2.60 bits per heavy atom. The summed E-state index contributed by atoms with van der Waals surface area (Å²) in [6, 6.07) is 1.71. The number of nitrogens with zero attached hydrogens (tertiary/aromatic N) is 3. The third-order valence-corrected chi connectivity index (χ3v) is 4.03. The lowest BCUT2D eigenvalue weighted by Gasteiger charge is -2.12. The van der Waals surface area contributed by atoms with Crippen LogP contribution in [0.15, 0.2) is 24.7 Å². The maximum absolute atomic E-state index is 11.5. The van der Waals surface area contributed by atoms with E-state index in [4.69, 9.17) is 28.9 Å². The van der Waals surface area contributed by atoms with Crippen LogP contribution in [0.5, 0.6) is 0 Å². The van der Waals surface area contributed by atoms with E-state index in [1.807, 2.05) is 0 Å². The van der Waals surface area contributed by atoms with E-state index in [0.717, 1.165) is 0 Å². The summed E-state index contributed by atoms with van der Waals surface area (Å²) in [4.78, 5) is 23.9. The van der Waals surface area contributed by atoms with E-state index in [0.29, 0.717) is 34.8 Å². The first-order valence-corrected chi connectivity index (χ1v) is 6.73. The number of halogens is 2. The maximum atomic E-state index is 11.5. The van der Waals surface area contributed by atoms with Gasteiger partial charge < -0.3 is 5.73 Å². The summed E-state index contributed by atoms with van der Waals surface area (Å²) >= 11 is 12.2. The fourth-order valence-electron chi connectivity index (χ4n) is 2.10. The molecule has 0 aliphatic heterocycles. The highest BCUT2D eigenvalue weighted by Crippen LogP contribution is 2.47. The first kappa shape index (κ1) is 13.3. The van der Waals surface area contributed by atoms with E-state index in [-0.39, 0.29) is 5.15 Å². The van der Waals surface area contributed by atoms with Crippen LogP contribution in [0.2, 0.25) is 10.2 Å². The largest absolute Gasteiger partial charge is 0.369 e. The number of pyridine rings is 1. The summed E-state index contributed by atoms with van der Waals surface area (Å²) in [6.45, 7) is 0. The average Bonchev–Trinajstić information content (AvgIpc) is 3.21. The summed E-state index contributed by atoms with van der Waals surface area (Å²) < 4.78 is 0. The summed E-state index contributed by atoms with van der Waals surface area (Å²) in [5.41, 5.74) is 6.34. The zero-order valence-corrected chi connectivity index (χ0v) is 11.8. The number of primary amides is 1. The number of rotatable bonds is 3. The molecule has 0 atom stereocenters. The first-order valence-electron chi connectivity index (χ1n) is 5.97. The van der Waals surface area contributed by atoms with E-state index in [1.54, 1.807) is 12.3 Å². The second kappa shape index (κ2) is 4.68. The van der Waals surface area contributed by atoms with E-state index in [1.165, 1.54) is 12.4 Å². The molecule has 0 radical (unpaired) electrons. The van der Waals surface area contributed by atoms with Crippen molar-refractivity contribution < 1.29 is 4.79 Å². The number of carbonyl (C=O) groups is 1. The Morgan fingerprint density at radius 2 is 2.05 bits per heavy atom. The van der Waals surface area contributed by atoms with E-state index in [2.05, 4.69) is 15.0 Å². The molecule has 0 unspecified atom stereocenters. The smallest absolute Gasteiger partial charge is 0.229 e. The molecular weight excluding hydrogens is 299 g/mol. The zero-order chi connectivity index (χ0) is 14.3. The lowest BCUT2D eigenvalue weighted by Crippen LogP contribution is -2.29. The Bertz CT molecular complexity index is 701. The quantitative estimate of drug-likeness (QED) is 0.943. The minimum Gasteiger partial charge on any atom is -0.369 e. The van der Waals surface area contributed by atoms with Crippen LogP contribution < -0.4 is 5.73 Å². The van der Waals surface area contributed by atoms with Crippen LogP contribution in [0, 0.1) is 0 Å². The SMILES string of the molecule is NC(=O)C1(c2cnc(-c3ccncc3Cl)c(Cl)n2)CC1. The average molecular weight is 309 g/mol. The molecule has 1 fully saturated rings. The lowest BCUT2D eigenvalue weighted by atomic mass is 10.0. The number of carbonyl (C=O) groups excluding carboxylic acids is 1. The highest BCUT2D eigenvalue weighted by molar-refractivity contribution is 6.35. The Kier molecular flexibility index (Phi) is 3.11. The van der Waals surface area contributed by atoms with E-state index >= 15 is 0 Å². The molecule has 1 aliphatic rings. The Labute approximate surface area is 125 Å². The number of amides is 1. The predicted octanol–water partition coefficient (Wildman–Crippen LogP) is 2.36. The van der Waals surface area contributed by atoms with Crippen LogP contribution in [-0.2, 0) is 10.2 Å². The summed E-state index contributed by atoms with van der Waals surface area (Å²) in [5, 5.41) is 0.635. The molecule has 2 N–H and O–H groups in total. The van der Waals surface area contributed by atoms with Crippen LogP contribution in [0.1, 0.15) is 18.5 Å². The molecular formula is C13H10Cl2N4O. The second-order valence-electron chi connectivity index (χ2n) is 4.70. The molecule has 2 aromatic rings. The molecule has 7 heteroatoms. The van der Waals surface area contributed by atoms with Crippen molar-refractivity contribution >= 4 is 29.1 Å². The molecule has 1 amide bonds. The van der Waals surface area contributed by atoms with Gasteiger partial charge in [0.05, 0.1) is 22.3 Å². The van der Waals surface area contributed by atoms with Crippen LogP contribution in [-0.4, -0.2) is 20.9 Å². The van der Waals surface area contributed by atoms with Gasteiger partial charge >= 0.3 is 0 Å². The molecule has 3 rings (SSSR count). The molecule has 5 nitrogen and oxygen atoms in total.